The van der Waals surface area contributed by atoms with Crippen molar-refractivity contribution in [3.05, 3.63) is 23.8 Å². The number of hydrogen-bond acceptors (Lipinski definition) is 5. The highest BCUT2D eigenvalue weighted by Gasteiger charge is 2.17. The average Bonchev–Trinajstić information content (AvgIpc) is 2.52. The summed E-state index contributed by atoms with van der Waals surface area (Å²) in [6.45, 7) is 1.61. The summed E-state index contributed by atoms with van der Waals surface area (Å²) in [6.07, 6.45) is 1.02. The predicted octanol–water partition coefficient (Wildman–Crippen LogP) is 0.560. The summed E-state index contributed by atoms with van der Waals surface area (Å²) >= 11 is 0. The Hall–Kier alpha value is -2.24. The highest BCUT2D eigenvalue weighted by atomic mass is 16.5. The molecule has 0 aromatic heterocycles. The predicted molar refractivity (Wildman–Crippen MR) is 76.6 cm³/mol. The van der Waals surface area contributed by atoms with Gasteiger partial charge >= 0.3 is 0 Å². The SMILES string of the molecule is CNC(=O)COc1c(OC)cccc1C1=NCCCN1. The van der Waals surface area contributed by atoms with E-state index in [1.807, 2.05) is 12.1 Å². The minimum absolute atomic E-state index is 0.0584. The van der Waals surface area contributed by atoms with Crippen molar-refractivity contribution in [2.75, 3.05) is 33.9 Å². The monoisotopic (exact) mass is 277 g/mol. The number of methoxy groups -OCH3 is 1. The van der Waals surface area contributed by atoms with Gasteiger partial charge in [-0.05, 0) is 18.6 Å². The van der Waals surface area contributed by atoms with Crippen molar-refractivity contribution < 1.29 is 14.3 Å². The van der Waals surface area contributed by atoms with E-state index in [0.717, 1.165) is 30.9 Å². The summed E-state index contributed by atoms with van der Waals surface area (Å²) in [6, 6.07) is 5.57. The van der Waals surface area contributed by atoms with Crippen molar-refractivity contribution >= 4 is 11.7 Å². The Balaban J connectivity index is 2.30. The van der Waals surface area contributed by atoms with Crippen molar-refractivity contribution in [1.82, 2.24) is 10.6 Å². The lowest BCUT2D eigenvalue weighted by molar-refractivity contribution is -0.122. The summed E-state index contributed by atoms with van der Waals surface area (Å²) in [7, 11) is 3.14. The second kappa shape index (κ2) is 6.79. The summed E-state index contributed by atoms with van der Waals surface area (Å²) in [5.41, 5.74) is 0.813. The minimum Gasteiger partial charge on any atom is -0.493 e. The van der Waals surface area contributed by atoms with E-state index in [1.54, 1.807) is 20.2 Å². The molecule has 2 rings (SSSR count). The molecular formula is C14H19N3O3. The number of ether oxygens (including phenoxy) is 2. The molecule has 20 heavy (non-hydrogen) atoms. The number of likely N-dealkylation sites (N-methyl/N-ethyl adjacent to an activating group) is 1. The number of benzene rings is 1. The fraction of sp³-hybridized carbons (Fsp3) is 0.429. The second-order valence-electron chi connectivity index (χ2n) is 4.31. The van der Waals surface area contributed by atoms with Crippen LogP contribution in [0.15, 0.2) is 23.2 Å². The minimum atomic E-state index is -0.194. The maximum absolute atomic E-state index is 11.3. The van der Waals surface area contributed by atoms with Crippen molar-refractivity contribution in [3.8, 4) is 11.5 Å². The molecule has 0 saturated carbocycles. The second-order valence-corrected chi connectivity index (χ2v) is 4.31. The smallest absolute Gasteiger partial charge is 0.257 e. The summed E-state index contributed by atoms with van der Waals surface area (Å²) < 4.78 is 10.9. The van der Waals surface area contributed by atoms with Crippen molar-refractivity contribution in [3.63, 3.8) is 0 Å². The number of amides is 1. The normalized spacial score (nSPS) is 14.0. The summed E-state index contributed by atoms with van der Waals surface area (Å²) in [5, 5.41) is 5.76. The van der Waals surface area contributed by atoms with Gasteiger partial charge in [0.2, 0.25) is 0 Å². The van der Waals surface area contributed by atoms with Gasteiger partial charge in [0.15, 0.2) is 18.1 Å². The molecule has 0 spiro atoms. The van der Waals surface area contributed by atoms with Gasteiger partial charge in [-0.1, -0.05) is 6.07 Å². The Morgan fingerprint density at radius 2 is 2.35 bits per heavy atom. The number of nitrogens with zero attached hydrogens (tertiary/aromatic N) is 1. The molecule has 1 heterocycles. The molecule has 1 aliphatic heterocycles. The molecule has 1 aromatic rings. The van der Waals surface area contributed by atoms with Crippen LogP contribution in [0.1, 0.15) is 12.0 Å². The van der Waals surface area contributed by atoms with Crippen LogP contribution < -0.4 is 20.1 Å². The third-order valence-electron chi connectivity index (χ3n) is 2.98. The first-order valence-corrected chi connectivity index (χ1v) is 6.55. The molecule has 6 heteroatoms. The lowest BCUT2D eigenvalue weighted by Crippen LogP contribution is -2.31. The van der Waals surface area contributed by atoms with Gasteiger partial charge in [0, 0.05) is 20.1 Å². The van der Waals surface area contributed by atoms with Crippen LogP contribution in [0.2, 0.25) is 0 Å². The van der Waals surface area contributed by atoms with Crippen LogP contribution in [-0.2, 0) is 4.79 Å². The molecule has 0 fully saturated rings. The Labute approximate surface area is 118 Å². The van der Waals surface area contributed by atoms with Crippen LogP contribution >= 0.6 is 0 Å². The van der Waals surface area contributed by atoms with Crippen molar-refractivity contribution in [1.29, 1.82) is 0 Å². The van der Waals surface area contributed by atoms with E-state index < -0.39 is 0 Å². The lowest BCUT2D eigenvalue weighted by atomic mass is 10.1. The molecule has 0 aliphatic carbocycles. The van der Waals surface area contributed by atoms with Gasteiger partial charge in [0.25, 0.3) is 5.91 Å². The van der Waals surface area contributed by atoms with E-state index in [-0.39, 0.29) is 12.5 Å². The van der Waals surface area contributed by atoms with Crippen LogP contribution in [0, 0.1) is 0 Å². The Morgan fingerprint density at radius 3 is 3.00 bits per heavy atom. The zero-order valence-corrected chi connectivity index (χ0v) is 11.7. The maximum Gasteiger partial charge on any atom is 0.257 e. The van der Waals surface area contributed by atoms with Crippen molar-refractivity contribution in [2.45, 2.75) is 6.42 Å². The van der Waals surface area contributed by atoms with E-state index in [9.17, 15) is 4.79 Å². The largest absolute Gasteiger partial charge is 0.493 e. The fourth-order valence-corrected chi connectivity index (χ4v) is 1.93. The number of aliphatic imine (C=N–C) groups is 1. The van der Waals surface area contributed by atoms with Gasteiger partial charge in [0.1, 0.15) is 5.84 Å². The summed E-state index contributed by atoms with van der Waals surface area (Å²) in [4.78, 5) is 15.8. The van der Waals surface area contributed by atoms with Gasteiger partial charge < -0.3 is 20.1 Å². The Bertz CT molecular complexity index is 514. The highest BCUT2D eigenvalue weighted by molar-refractivity contribution is 6.02. The van der Waals surface area contributed by atoms with E-state index in [1.165, 1.54) is 0 Å². The molecule has 0 unspecified atom stereocenters. The van der Waals surface area contributed by atoms with E-state index in [0.29, 0.717) is 11.5 Å². The number of para-hydroxylation sites is 1. The van der Waals surface area contributed by atoms with Gasteiger partial charge in [-0.3, -0.25) is 9.79 Å². The van der Waals surface area contributed by atoms with Crippen LogP contribution in [0.25, 0.3) is 0 Å². The first kappa shape index (κ1) is 14.2. The van der Waals surface area contributed by atoms with Gasteiger partial charge in [0.05, 0.1) is 12.7 Å². The molecule has 0 atom stereocenters. The number of hydrogen-bond donors (Lipinski definition) is 2. The molecule has 0 radical (unpaired) electrons. The fourth-order valence-electron chi connectivity index (χ4n) is 1.93. The van der Waals surface area contributed by atoms with Crippen LogP contribution in [0.5, 0.6) is 11.5 Å². The molecule has 1 amide bonds. The molecule has 0 bridgehead atoms. The van der Waals surface area contributed by atoms with Crippen LogP contribution in [-0.4, -0.2) is 45.6 Å². The maximum atomic E-state index is 11.3. The van der Waals surface area contributed by atoms with Crippen molar-refractivity contribution in [2.24, 2.45) is 4.99 Å². The molecule has 6 nitrogen and oxygen atoms in total. The number of carbonyl (C=O) groups excluding carboxylic acids is 1. The number of rotatable bonds is 5. The molecule has 1 aliphatic rings. The molecule has 2 N–H and O–H groups in total. The number of carbonyl (C=O) groups is 1. The van der Waals surface area contributed by atoms with Gasteiger partial charge in [-0.15, -0.1) is 0 Å². The standard InChI is InChI=1S/C14H19N3O3/c1-15-12(18)9-20-13-10(5-3-6-11(13)19-2)14-16-7-4-8-17-14/h3,5-6H,4,7-9H2,1-2H3,(H,15,18)(H,16,17). The highest BCUT2D eigenvalue weighted by Crippen LogP contribution is 2.31. The summed E-state index contributed by atoms with van der Waals surface area (Å²) in [5.74, 6) is 1.70. The third-order valence-corrected chi connectivity index (χ3v) is 2.98. The van der Waals surface area contributed by atoms with E-state index in [2.05, 4.69) is 15.6 Å². The lowest BCUT2D eigenvalue weighted by Gasteiger charge is -2.19. The van der Waals surface area contributed by atoms with E-state index in [4.69, 9.17) is 9.47 Å². The first-order valence-electron chi connectivity index (χ1n) is 6.55. The van der Waals surface area contributed by atoms with Crippen LogP contribution in [0.3, 0.4) is 0 Å². The zero-order valence-electron chi connectivity index (χ0n) is 11.7. The van der Waals surface area contributed by atoms with E-state index >= 15 is 0 Å². The quantitative estimate of drug-likeness (QED) is 0.825. The van der Waals surface area contributed by atoms with Gasteiger partial charge in [-0.25, -0.2) is 0 Å². The molecule has 108 valence electrons. The number of nitrogens with one attached hydrogen (secondary N) is 2. The average molecular weight is 277 g/mol. The van der Waals surface area contributed by atoms with Gasteiger partial charge in [-0.2, -0.15) is 0 Å². The molecule has 0 saturated heterocycles. The number of amidine groups is 1. The Kier molecular flexibility index (Phi) is 4.81. The van der Waals surface area contributed by atoms with Crippen LogP contribution in [0.4, 0.5) is 0 Å². The first-order chi connectivity index (χ1) is 9.76. The Morgan fingerprint density at radius 1 is 1.50 bits per heavy atom. The topological polar surface area (TPSA) is 72.0 Å². The molecular weight excluding hydrogens is 258 g/mol. The molecule has 1 aromatic carbocycles. The third kappa shape index (κ3) is 3.20. The zero-order chi connectivity index (χ0) is 14.4.